The molecule has 0 rings (SSSR count). The van der Waals surface area contributed by atoms with E-state index < -0.39 is 11.9 Å². The zero-order valence-electron chi connectivity index (χ0n) is 11.9. The quantitative estimate of drug-likeness (QED) is 0.612. The molecule has 2 unspecified atom stereocenters. The second-order valence-electron chi connectivity index (χ2n) is 4.65. The van der Waals surface area contributed by atoms with Crippen LogP contribution < -0.4 is 5.32 Å². The summed E-state index contributed by atoms with van der Waals surface area (Å²) in [5.41, 5.74) is 0. The molecule has 0 aromatic heterocycles. The number of unbranched alkanes of at least 4 members (excludes halogenated alkanes) is 1. The minimum Gasteiger partial charge on any atom is -0.481 e. The number of hydrogen-bond donors (Lipinski definition) is 2. The molecule has 0 aliphatic heterocycles. The highest BCUT2D eigenvalue weighted by Gasteiger charge is 2.23. The Balaban J connectivity index is 4.28. The van der Waals surface area contributed by atoms with Gasteiger partial charge in [-0.1, -0.05) is 27.2 Å². The lowest BCUT2D eigenvalue weighted by atomic mass is 10.1. The van der Waals surface area contributed by atoms with Crippen molar-refractivity contribution in [2.45, 2.75) is 46.6 Å². The van der Waals surface area contributed by atoms with E-state index >= 15 is 0 Å². The number of aliphatic carboxylic acids is 1. The van der Waals surface area contributed by atoms with E-state index in [0.717, 1.165) is 12.8 Å². The van der Waals surface area contributed by atoms with E-state index in [4.69, 9.17) is 5.11 Å². The Morgan fingerprint density at radius 2 is 1.89 bits per heavy atom. The van der Waals surface area contributed by atoms with Crippen molar-refractivity contribution in [1.82, 2.24) is 10.2 Å². The number of carboxylic acid groups (broad SMARTS) is 1. The largest absolute Gasteiger partial charge is 0.481 e. The highest BCUT2D eigenvalue weighted by atomic mass is 16.4. The number of hydrogen-bond acceptors (Lipinski definition) is 3. The zero-order valence-corrected chi connectivity index (χ0v) is 11.9. The van der Waals surface area contributed by atoms with Crippen LogP contribution in [0.25, 0.3) is 0 Å². The van der Waals surface area contributed by atoms with E-state index in [1.165, 1.54) is 0 Å². The van der Waals surface area contributed by atoms with Gasteiger partial charge in [0.15, 0.2) is 0 Å². The molecule has 0 saturated heterocycles. The van der Waals surface area contributed by atoms with E-state index in [9.17, 15) is 9.59 Å². The van der Waals surface area contributed by atoms with Gasteiger partial charge in [0.25, 0.3) is 0 Å². The van der Waals surface area contributed by atoms with E-state index in [0.29, 0.717) is 19.6 Å². The normalized spacial score (nSPS) is 14.3. The average molecular weight is 258 g/mol. The Morgan fingerprint density at radius 1 is 1.28 bits per heavy atom. The van der Waals surface area contributed by atoms with Crippen LogP contribution in [0, 0.1) is 5.92 Å². The molecule has 0 spiro atoms. The Labute approximate surface area is 110 Å². The summed E-state index contributed by atoms with van der Waals surface area (Å²) >= 11 is 0. The number of nitrogens with one attached hydrogen (secondary N) is 1. The second-order valence-corrected chi connectivity index (χ2v) is 4.65. The predicted octanol–water partition coefficient (Wildman–Crippen LogP) is 1.33. The van der Waals surface area contributed by atoms with Crippen LogP contribution in [0.3, 0.4) is 0 Å². The summed E-state index contributed by atoms with van der Waals surface area (Å²) in [4.78, 5) is 24.6. The molecule has 5 heteroatoms. The van der Waals surface area contributed by atoms with Crippen LogP contribution in [-0.4, -0.2) is 47.6 Å². The highest BCUT2D eigenvalue weighted by molar-refractivity contribution is 5.81. The van der Waals surface area contributed by atoms with Crippen molar-refractivity contribution in [3.63, 3.8) is 0 Å². The van der Waals surface area contributed by atoms with E-state index in [1.54, 1.807) is 6.92 Å². The summed E-state index contributed by atoms with van der Waals surface area (Å²) in [6.45, 7) is 9.23. The van der Waals surface area contributed by atoms with Gasteiger partial charge in [-0.25, -0.2) is 0 Å². The monoisotopic (exact) mass is 258 g/mol. The SMILES string of the molecule is CCCCNC(=O)C(C)N(CC)CC(C)C(=O)O. The van der Waals surface area contributed by atoms with E-state index in [1.807, 2.05) is 18.7 Å². The lowest BCUT2D eigenvalue weighted by molar-refractivity contribution is -0.142. The third-order valence-corrected chi connectivity index (χ3v) is 3.09. The lowest BCUT2D eigenvalue weighted by Gasteiger charge is -2.28. The number of carbonyl (C=O) groups excluding carboxylic acids is 1. The van der Waals surface area contributed by atoms with E-state index in [2.05, 4.69) is 12.2 Å². The standard InChI is InChI=1S/C13H26N2O3/c1-5-7-8-14-12(16)11(4)15(6-2)9-10(3)13(17)18/h10-11H,5-9H2,1-4H3,(H,14,16)(H,17,18). The Morgan fingerprint density at radius 3 is 2.33 bits per heavy atom. The molecule has 0 saturated carbocycles. The molecule has 1 amide bonds. The van der Waals surface area contributed by atoms with Gasteiger partial charge in [-0.2, -0.15) is 0 Å². The number of carbonyl (C=O) groups is 2. The van der Waals surface area contributed by atoms with Gasteiger partial charge in [0, 0.05) is 13.1 Å². The number of nitrogens with zero attached hydrogens (tertiary/aromatic N) is 1. The van der Waals surface area contributed by atoms with Gasteiger partial charge in [-0.15, -0.1) is 0 Å². The fourth-order valence-electron chi connectivity index (χ4n) is 1.69. The highest BCUT2D eigenvalue weighted by Crippen LogP contribution is 2.05. The molecular formula is C13H26N2O3. The van der Waals surface area contributed by atoms with Crippen LogP contribution in [0.2, 0.25) is 0 Å². The zero-order chi connectivity index (χ0) is 14.1. The maximum atomic E-state index is 11.9. The summed E-state index contributed by atoms with van der Waals surface area (Å²) in [5.74, 6) is -1.31. The minimum absolute atomic E-state index is 0.0251. The van der Waals surface area contributed by atoms with Crippen LogP contribution in [0.4, 0.5) is 0 Å². The molecule has 0 radical (unpaired) electrons. The van der Waals surface area contributed by atoms with Crippen molar-refractivity contribution in [2.24, 2.45) is 5.92 Å². The van der Waals surface area contributed by atoms with Crippen molar-refractivity contribution in [3.8, 4) is 0 Å². The summed E-state index contributed by atoms with van der Waals surface area (Å²) in [5, 5.41) is 11.8. The van der Waals surface area contributed by atoms with Gasteiger partial charge < -0.3 is 10.4 Å². The molecule has 0 aliphatic carbocycles. The van der Waals surface area contributed by atoms with Gasteiger partial charge in [0.05, 0.1) is 12.0 Å². The first kappa shape index (κ1) is 16.9. The van der Waals surface area contributed by atoms with Crippen molar-refractivity contribution in [2.75, 3.05) is 19.6 Å². The van der Waals surface area contributed by atoms with Crippen LogP contribution in [0.1, 0.15) is 40.5 Å². The molecule has 5 nitrogen and oxygen atoms in total. The smallest absolute Gasteiger partial charge is 0.307 e. The molecule has 0 heterocycles. The molecule has 2 N–H and O–H groups in total. The van der Waals surface area contributed by atoms with Gasteiger partial charge in [-0.05, 0) is 19.9 Å². The molecule has 0 aromatic carbocycles. The maximum Gasteiger partial charge on any atom is 0.307 e. The average Bonchev–Trinajstić information content (AvgIpc) is 2.34. The first-order chi connectivity index (χ1) is 8.43. The summed E-state index contributed by atoms with van der Waals surface area (Å²) in [6.07, 6.45) is 2.01. The van der Waals surface area contributed by atoms with E-state index in [-0.39, 0.29) is 11.9 Å². The fourth-order valence-corrected chi connectivity index (χ4v) is 1.69. The van der Waals surface area contributed by atoms with Crippen molar-refractivity contribution in [1.29, 1.82) is 0 Å². The van der Waals surface area contributed by atoms with Gasteiger partial charge in [0.1, 0.15) is 0 Å². The predicted molar refractivity (Wildman–Crippen MR) is 71.4 cm³/mol. The first-order valence-corrected chi connectivity index (χ1v) is 6.68. The van der Waals surface area contributed by atoms with Crippen molar-refractivity contribution < 1.29 is 14.7 Å². The Bertz CT molecular complexity index is 269. The van der Waals surface area contributed by atoms with Crippen LogP contribution in [0.15, 0.2) is 0 Å². The third kappa shape index (κ3) is 6.00. The van der Waals surface area contributed by atoms with Crippen LogP contribution in [0.5, 0.6) is 0 Å². The van der Waals surface area contributed by atoms with Gasteiger partial charge >= 0.3 is 5.97 Å². The van der Waals surface area contributed by atoms with Crippen molar-refractivity contribution in [3.05, 3.63) is 0 Å². The third-order valence-electron chi connectivity index (χ3n) is 3.09. The molecule has 0 fully saturated rings. The lowest BCUT2D eigenvalue weighted by Crippen LogP contribution is -2.47. The van der Waals surface area contributed by atoms with Gasteiger partial charge in [0.2, 0.25) is 5.91 Å². The summed E-state index contributed by atoms with van der Waals surface area (Å²) in [7, 11) is 0. The molecule has 2 atom stereocenters. The molecule has 18 heavy (non-hydrogen) atoms. The minimum atomic E-state index is -0.827. The molecule has 0 aliphatic rings. The Kier molecular flexibility index (Phi) is 8.37. The summed E-state index contributed by atoms with van der Waals surface area (Å²) in [6, 6.07) is -0.284. The number of rotatable bonds is 9. The molecule has 106 valence electrons. The van der Waals surface area contributed by atoms with Crippen LogP contribution >= 0.6 is 0 Å². The topological polar surface area (TPSA) is 69.6 Å². The maximum absolute atomic E-state index is 11.9. The molecular weight excluding hydrogens is 232 g/mol. The number of carboxylic acids is 1. The van der Waals surface area contributed by atoms with Gasteiger partial charge in [-0.3, -0.25) is 14.5 Å². The number of amides is 1. The first-order valence-electron chi connectivity index (χ1n) is 6.68. The summed E-state index contributed by atoms with van der Waals surface area (Å²) < 4.78 is 0. The van der Waals surface area contributed by atoms with Crippen LogP contribution in [-0.2, 0) is 9.59 Å². The second kappa shape index (κ2) is 8.91. The molecule has 0 bridgehead atoms. The Hall–Kier alpha value is -1.10. The number of likely N-dealkylation sites (N-methyl/N-ethyl adjacent to an activating group) is 1. The van der Waals surface area contributed by atoms with Crippen molar-refractivity contribution >= 4 is 11.9 Å². The fraction of sp³-hybridized carbons (Fsp3) is 0.846. The molecule has 0 aromatic rings.